The van der Waals surface area contributed by atoms with Crippen LogP contribution in [0.25, 0.3) is 0 Å². The summed E-state index contributed by atoms with van der Waals surface area (Å²) in [5.41, 5.74) is 1.71. The molecular formula is C24H21NO7. The van der Waals surface area contributed by atoms with Crippen molar-refractivity contribution in [1.29, 1.82) is 0 Å². The molecular weight excluding hydrogens is 414 g/mol. The van der Waals surface area contributed by atoms with Crippen molar-refractivity contribution < 1.29 is 34.1 Å². The number of hydrogen-bond donors (Lipinski definition) is 3. The van der Waals surface area contributed by atoms with Crippen molar-refractivity contribution in [1.82, 2.24) is 0 Å². The van der Waals surface area contributed by atoms with Gasteiger partial charge in [-0.05, 0) is 66.2 Å². The fourth-order valence-corrected chi connectivity index (χ4v) is 2.85. The fraction of sp³-hybridized carbons (Fsp3) is 0.125. The van der Waals surface area contributed by atoms with E-state index < -0.39 is 6.09 Å². The van der Waals surface area contributed by atoms with Crippen molar-refractivity contribution in [3.63, 3.8) is 0 Å². The smallest absolute Gasteiger partial charge is 0.411 e. The van der Waals surface area contributed by atoms with Crippen LogP contribution in [0.3, 0.4) is 0 Å². The Morgan fingerprint density at radius 2 is 1.44 bits per heavy atom. The number of carbonyl (C=O) groups excluding carboxylic acids is 3. The molecule has 1 amide bonds. The summed E-state index contributed by atoms with van der Waals surface area (Å²) in [7, 11) is 1.42. The Hall–Kier alpha value is -4.33. The number of ketones is 2. The normalized spacial score (nSPS) is 10.3. The molecule has 32 heavy (non-hydrogen) atoms. The van der Waals surface area contributed by atoms with E-state index in [0.717, 1.165) is 0 Å². The maximum Gasteiger partial charge on any atom is 0.411 e. The minimum Gasteiger partial charge on any atom is -0.508 e. The van der Waals surface area contributed by atoms with E-state index in [2.05, 4.69) is 5.32 Å². The molecule has 0 heterocycles. The minimum absolute atomic E-state index is 0.0138. The summed E-state index contributed by atoms with van der Waals surface area (Å²) >= 11 is 0. The number of methoxy groups -OCH3 is 1. The average Bonchev–Trinajstić information content (AvgIpc) is 2.79. The second kappa shape index (κ2) is 10.1. The first-order valence-electron chi connectivity index (χ1n) is 9.61. The van der Waals surface area contributed by atoms with Crippen molar-refractivity contribution >= 4 is 23.3 Å². The highest BCUT2D eigenvalue weighted by molar-refractivity contribution is 6.13. The third-order valence-corrected chi connectivity index (χ3v) is 4.58. The predicted octanol–water partition coefficient (Wildman–Crippen LogP) is 4.31. The van der Waals surface area contributed by atoms with E-state index >= 15 is 0 Å². The highest BCUT2D eigenvalue weighted by atomic mass is 16.5. The molecule has 0 radical (unpaired) electrons. The number of aromatic hydroxyl groups is 2. The molecule has 0 saturated heterocycles. The number of benzene rings is 3. The zero-order chi connectivity index (χ0) is 23.1. The summed E-state index contributed by atoms with van der Waals surface area (Å²) in [6, 6.07) is 16.4. The van der Waals surface area contributed by atoms with Crippen molar-refractivity contribution in [3.8, 4) is 17.2 Å². The first-order chi connectivity index (χ1) is 15.4. The second-order valence-corrected chi connectivity index (χ2v) is 6.85. The van der Waals surface area contributed by atoms with Crippen LogP contribution in [0.1, 0.15) is 32.7 Å². The van der Waals surface area contributed by atoms with Crippen LogP contribution in [0.2, 0.25) is 0 Å². The van der Waals surface area contributed by atoms with E-state index in [4.69, 9.17) is 9.47 Å². The van der Waals surface area contributed by atoms with Crippen LogP contribution in [0.15, 0.2) is 66.7 Å². The Morgan fingerprint density at radius 3 is 2.03 bits per heavy atom. The van der Waals surface area contributed by atoms with Gasteiger partial charge in [0.25, 0.3) is 0 Å². The summed E-state index contributed by atoms with van der Waals surface area (Å²) in [4.78, 5) is 36.6. The van der Waals surface area contributed by atoms with Gasteiger partial charge in [-0.15, -0.1) is 0 Å². The van der Waals surface area contributed by atoms with Crippen LogP contribution in [-0.4, -0.2) is 35.0 Å². The molecule has 3 aromatic rings. The maximum atomic E-state index is 12.4. The van der Waals surface area contributed by atoms with Gasteiger partial charge >= 0.3 is 6.09 Å². The van der Waals surface area contributed by atoms with Crippen LogP contribution >= 0.6 is 0 Å². The summed E-state index contributed by atoms with van der Waals surface area (Å²) in [6.45, 7) is -0.0294. The van der Waals surface area contributed by atoms with E-state index in [1.165, 1.54) is 61.7 Å². The highest BCUT2D eigenvalue weighted by Crippen LogP contribution is 2.26. The average molecular weight is 435 g/mol. The number of phenolic OH excluding ortho intramolecular Hbond substituents is 2. The molecule has 8 nitrogen and oxygen atoms in total. The Kier molecular flexibility index (Phi) is 7.07. The van der Waals surface area contributed by atoms with Gasteiger partial charge in [-0.2, -0.15) is 0 Å². The maximum absolute atomic E-state index is 12.4. The van der Waals surface area contributed by atoms with Crippen LogP contribution in [0, 0.1) is 0 Å². The Balaban J connectivity index is 1.52. The van der Waals surface area contributed by atoms with E-state index in [1.807, 2.05) is 0 Å². The summed E-state index contributed by atoms with van der Waals surface area (Å²) < 4.78 is 10.2. The lowest BCUT2D eigenvalue weighted by atomic mass is 10.0. The molecule has 0 spiro atoms. The summed E-state index contributed by atoms with van der Waals surface area (Å²) in [5.74, 6) is -0.418. The predicted molar refractivity (Wildman–Crippen MR) is 116 cm³/mol. The lowest BCUT2D eigenvalue weighted by Crippen LogP contribution is -2.14. The Labute approximate surface area is 184 Å². The van der Waals surface area contributed by atoms with Crippen LogP contribution < -0.4 is 10.1 Å². The largest absolute Gasteiger partial charge is 0.508 e. The first kappa shape index (κ1) is 22.4. The number of nitrogens with one attached hydrogen (secondary N) is 1. The van der Waals surface area contributed by atoms with Gasteiger partial charge in [-0.3, -0.25) is 14.9 Å². The second-order valence-electron chi connectivity index (χ2n) is 6.85. The van der Waals surface area contributed by atoms with E-state index in [-0.39, 0.29) is 41.8 Å². The third kappa shape index (κ3) is 5.85. The molecule has 3 aromatic carbocycles. The van der Waals surface area contributed by atoms with Crippen molar-refractivity contribution in [2.45, 2.75) is 13.0 Å². The molecule has 0 bridgehead atoms. The molecule has 0 atom stereocenters. The van der Waals surface area contributed by atoms with Crippen molar-refractivity contribution in [2.24, 2.45) is 0 Å². The number of amides is 1. The van der Waals surface area contributed by atoms with Gasteiger partial charge in [0, 0.05) is 16.8 Å². The Morgan fingerprint density at radius 1 is 0.844 bits per heavy atom. The van der Waals surface area contributed by atoms with E-state index in [1.54, 1.807) is 12.1 Å². The van der Waals surface area contributed by atoms with Crippen LogP contribution in [-0.2, 0) is 11.3 Å². The monoisotopic (exact) mass is 435 g/mol. The summed E-state index contributed by atoms with van der Waals surface area (Å²) in [5, 5.41) is 21.4. The zero-order valence-corrected chi connectivity index (χ0v) is 17.2. The molecule has 8 heteroatoms. The minimum atomic E-state index is -0.696. The molecule has 3 N–H and O–H groups in total. The molecule has 0 aliphatic rings. The number of rotatable bonds is 8. The number of hydrogen-bond acceptors (Lipinski definition) is 7. The molecule has 0 aliphatic heterocycles. The molecule has 3 rings (SSSR count). The van der Waals surface area contributed by atoms with Crippen LogP contribution in [0.5, 0.6) is 17.2 Å². The number of phenols is 2. The standard InChI is InChI=1S/C24H21NO7/c1-31-23-12-15(2-11-20(23)27)14-32-24(30)25-18-7-3-16(4-8-18)21(28)13-22(29)17-5-9-19(26)10-6-17/h2-12,26-27H,13-14H2,1H3,(H,25,30). The topological polar surface area (TPSA) is 122 Å². The van der Waals surface area contributed by atoms with Gasteiger partial charge in [0.15, 0.2) is 23.1 Å². The number of ether oxygens (including phenoxy) is 2. The van der Waals surface area contributed by atoms with E-state index in [9.17, 15) is 24.6 Å². The molecule has 0 unspecified atom stereocenters. The molecule has 164 valence electrons. The van der Waals surface area contributed by atoms with E-state index in [0.29, 0.717) is 22.4 Å². The fourth-order valence-electron chi connectivity index (χ4n) is 2.85. The van der Waals surface area contributed by atoms with Gasteiger partial charge < -0.3 is 19.7 Å². The number of carbonyl (C=O) groups is 3. The van der Waals surface area contributed by atoms with Gasteiger partial charge in [0.05, 0.1) is 13.5 Å². The SMILES string of the molecule is COc1cc(COC(=O)Nc2ccc(C(=O)CC(=O)c3ccc(O)cc3)cc2)ccc1O. The lowest BCUT2D eigenvalue weighted by Gasteiger charge is -2.09. The molecule has 0 saturated carbocycles. The quantitative estimate of drug-likeness (QED) is 0.356. The van der Waals surface area contributed by atoms with Crippen molar-refractivity contribution in [3.05, 3.63) is 83.4 Å². The van der Waals surface area contributed by atoms with Crippen molar-refractivity contribution in [2.75, 3.05) is 12.4 Å². The van der Waals surface area contributed by atoms with Gasteiger partial charge in [-0.25, -0.2) is 4.79 Å². The van der Waals surface area contributed by atoms with Gasteiger partial charge in [0.1, 0.15) is 12.4 Å². The number of anilines is 1. The third-order valence-electron chi connectivity index (χ3n) is 4.58. The Bertz CT molecular complexity index is 1120. The van der Waals surface area contributed by atoms with Gasteiger partial charge in [0.2, 0.25) is 0 Å². The summed E-state index contributed by atoms with van der Waals surface area (Å²) in [6.07, 6.45) is -1.01. The highest BCUT2D eigenvalue weighted by Gasteiger charge is 2.14. The lowest BCUT2D eigenvalue weighted by molar-refractivity contribution is 0.0894. The zero-order valence-electron chi connectivity index (χ0n) is 17.2. The van der Waals surface area contributed by atoms with Crippen LogP contribution in [0.4, 0.5) is 10.5 Å². The van der Waals surface area contributed by atoms with Gasteiger partial charge in [-0.1, -0.05) is 6.07 Å². The molecule has 0 aliphatic carbocycles. The number of Topliss-reactive ketones (excluding diaryl/α,β-unsaturated/α-hetero) is 2. The molecule has 0 aromatic heterocycles. The first-order valence-corrected chi connectivity index (χ1v) is 9.61. The molecule has 0 fully saturated rings.